The van der Waals surface area contributed by atoms with Gasteiger partial charge in [0, 0.05) is 11.1 Å². The molecule has 1 aliphatic carbocycles. The van der Waals surface area contributed by atoms with Crippen molar-refractivity contribution in [3.05, 3.63) is 35.1 Å². The Morgan fingerprint density at radius 2 is 2.15 bits per heavy atom. The van der Waals surface area contributed by atoms with Gasteiger partial charge in [0.1, 0.15) is 5.82 Å². The molecule has 0 unspecified atom stereocenters. The number of rotatable bonds is 2. The van der Waals surface area contributed by atoms with Crippen LogP contribution in [0.3, 0.4) is 0 Å². The Hall–Kier alpha value is -1.22. The van der Waals surface area contributed by atoms with Gasteiger partial charge in [-0.25, -0.2) is 4.39 Å². The second kappa shape index (κ2) is 2.64. The quantitative estimate of drug-likeness (QED) is 0.700. The van der Waals surface area contributed by atoms with Crippen molar-refractivity contribution in [2.45, 2.75) is 18.4 Å². The summed E-state index contributed by atoms with van der Waals surface area (Å²) in [6, 6.07) is 4.18. The largest absolute Gasteiger partial charge is 0.321 e. The van der Waals surface area contributed by atoms with E-state index < -0.39 is 5.82 Å². The lowest BCUT2D eigenvalue weighted by molar-refractivity contribution is 0.112. The van der Waals surface area contributed by atoms with Crippen LogP contribution in [-0.2, 0) is 5.54 Å². The molecular weight excluding hydrogens is 169 g/mol. The molecule has 0 radical (unpaired) electrons. The number of carbonyl (C=O) groups is 1. The fourth-order valence-electron chi connectivity index (χ4n) is 1.49. The Labute approximate surface area is 75.6 Å². The summed E-state index contributed by atoms with van der Waals surface area (Å²) in [7, 11) is 0. The summed E-state index contributed by atoms with van der Waals surface area (Å²) in [6.45, 7) is 0. The van der Waals surface area contributed by atoms with Crippen molar-refractivity contribution in [3.63, 3.8) is 0 Å². The van der Waals surface area contributed by atoms with Crippen molar-refractivity contribution in [2.24, 2.45) is 5.73 Å². The zero-order chi connectivity index (χ0) is 9.47. The molecule has 0 aliphatic heterocycles. The van der Waals surface area contributed by atoms with Gasteiger partial charge in [0.25, 0.3) is 0 Å². The Kier molecular flexibility index (Phi) is 1.70. The third-order valence-corrected chi connectivity index (χ3v) is 2.47. The van der Waals surface area contributed by atoms with Gasteiger partial charge in [-0.2, -0.15) is 0 Å². The molecule has 1 aromatic carbocycles. The summed E-state index contributed by atoms with van der Waals surface area (Å²) >= 11 is 0. The summed E-state index contributed by atoms with van der Waals surface area (Å²) in [5.74, 6) is -0.393. The van der Waals surface area contributed by atoms with Crippen molar-refractivity contribution in [3.8, 4) is 0 Å². The van der Waals surface area contributed by atoms with Crippen LogP contribution in [0.4, 0.5) is 4.39 Å². The maximum absolute atomic E-state index is 12.7. The highest BCUT2D eigenvalue weighted by Gasteiger charge is 2.41. The van der Waals surface area contributed by atoms with Gasteiger partial charge >= 0.3 is 0 Å². The number of hydrogen-bond donors (Lipinski definition) is 1. The molecule has 2 rings (SSSR count). The third kappa shape index (κ3) is 1.35. The van der Waals surface area contributed by atoms with Gasteiger partial charge in [-0.3, -0.25) is 4.79 Å². The summed E-state index contributed by atoms with van der Waals surface area (Å²) in [6.07, 6.45) is 2.41. The summed E-state index contributed by atoms with van der Waals surface area (Å²) in [5.41, 5.74) is 6.68. The van der Waals surface area contributed by atoms with E-state index in [0.717, 1.165) is 18.4 Å². The first-order valence-electron chi connectivity index (χ1n) is 4.20. The minimum absolute atomic E-state index is 0.371. The minimum atomic E-state index is -0.393. The first-order valence-corrected chi connectivity index (χ1v) is 4.20. The van der Waals surface area contributed by atoms with Crippen molar-refractivity contribution < 1.29 is 9.18 Å². The third-order valence-electron chi connectivity index (χ3n) is 2.47. The lowest BCUT2D eigenvalue weighted by atomic mass is 10.00. The van der Waals surface area contributed by atoms with Crippen LogP contribution in [0.15, 0.2) is 18.2 Å². The smallest absolute Gasteiger partial charge is 0.150 e. The lowest BCUT2D eigenvalue weighted by Gasteiger charge is -2.11. The van der Waals surface area contributed by atoms with Crippen LogP contribution in [0.2, 0.25) is 0 Å². The Morgan fingerprint density at radius 3 is 2.69 bits per heavy atom. The van der Waals surface area contributed by atoms with E-state index in [1.54, 1.807) is 6.07 Å². The van der Waals surface area contributed by atoms with Crippen LogP contribution >= 0.6 is 0 Å². The molecule has 1 aliphatic rings. The number of halogens is 1. The highest BCUT2D eigenvalue weighted by atomic mass is 19.1. The molecule has 0 amide bonds. The summed E-state index contributed by atoms with van der Waals surface area (Å²) < 4.78 is 12.7. The number of carbonyl (C=O) groups excluding carboxylic acids is 1. The van der Waals surface area contributed by atoms with E-state index in [-0.39, 0.29) is 5.54 Å². The minimum Gasteiger partial charge on any atom is -0.321 e. The van der Waals surface area contributed by atoms with Gasteiger partial charge in [-0.1, -0.05) is 6.07 Å². The average Bonchev–Trinajstić information content (AvgIpc) is 2.84. The molecule has 2 N–H and O–H groups in total. The zero-order valence-corrected chi connectivity index (χ0v) is 7.09. The van der Waals surface area contributed by atoms with Crippen molar-refractivity contribution in [1.82, 2.24) is 0 Å². The van der Waals surface area contributed by atoms with Gasteiger partial charge in [-0.05, 0) is 30.5 Å². The number of benzene rings is 1. The predicted molar refractivity (Wildman–Crippen MR) is 46.9 cm³/mol. The van der Waals surface area contributed by atoms with Gasteiger partial charge in [-0.15, -0.1) is 0 Å². The van der Waals surface area contributed by atoms with E-state index >= 15 is 0 Å². The Bertz CT molecular complexity index is 358. The number of hydrogen-bond acceptors (Lipinski definition) is 2. The van der Waals surface area contributed by atoms with Crippen molar-refractivity contribution in [1.29, 1.82) is 0 Å². The molecule has 13 heavy (non-hydrogen) atoms. The monoisotopic (exact) mass is 179 g/mol. The molecule has 0 heterocycles. The van der Waals surface area contributed by atoms with Gasteiger partial charge in [0.2, 0.25) is 0 Å². The predicted octanol–water partition coefficient (Wildman–Crippen LogP) is 1.59. The van der Waals surface area contributed by atoms with E-state index in [9.17, 15) is 9.18 Å². The standard InChI is InChI=1S/C10H10FNO/c11-8-1-2-9(7(5-8)6-13)10(12)3-4-10/h1-2,5-6H,3-4,12H2. The Morgan fingerprint density at radius 1 is 1.46 bits per heavy atom. The molecule has 1 saturated carbocycles. The highest BCUT2D eigenvalue weighted by Crippen LogP contribution is 2.43. The molecule has 0 aromatic heterocycles. The summed E-state index contributed by atoms with van der Waals surface area (Å²) in [5, 5.41) is 0. The van der Waals surface area contributed by atoms with Crippen molar-refractivity contribution in [2.75, 3.05) is 0 Å². The zero-order valence-electron chi connectivity index (χ0n) is 7.09. The molecule has 1 fully saturated rings. The van der Waals surface area contributed by atoms with Crippen LogP contribution in [0.5, 0.6) is 0 Å². The molecule has 3 heteroatoms. The second-order valence-electron chi connectivity index (χ2n) is 3.51. The molecule has 68 valence electrons. The fraction of sp³-hybridized carbons (Fsp3) is 0.300. The van der Waals surface area contributed by atoms with Gasteiger partial charge < -0.3 is 5.73 Å². The van der Waals surface area contributed by atoms with Crippen molar-refractivity contribution >= 4 is 6.29 Å². The first kappa shape index (κ1) is 8.38. The average molecular weight is 179 g/mol. The molecule has 0 spiro atoms. The van der Waals surface area contributed by atoms with E-state index in [1.807, 2.05) is 0 Å². The molecule has 0 atom stereocenters. The van der Waals surface area contributed by atoms with Crippen LogP contribution in [0.1, 0.15) is 28.8 Å². The Balaban J connectivity index is 2.50. The second-order valence-corrected chi connectivity index (χ2v) is 3.51. The molecule has 0 saturated heterocycles. The van der Waals surface area contributed by atoms with E-state index in [4.69, 9.17) is 5.73 Å². The van der Waals surface area contributed by atoms with Gasteiger partial charge in [0.05, 0.1) is 0 Å². The fourth-order valence-corrected chi connectivity index (χ4v) is 1.49. The maximum Gasteiger partial charge on any atom is 0.150 e. The molecule has 1 aromatic rings. The highest BCUT2D eigenvalue weighted by molar-refractivity contribution is 5.78. The maximum atomic E-state index is 12.7. The molecular formula is C10H10FNO. The topological polar surface area (TPSA) is 43.1 Å². The van der Waals surface area contributed by atoms with E-state index in [1.165, 1.54) is 12.1 Å². The van der Waals surface area contributed by atoms with Crippen LogP contribution in [-0.4, -0.2) is 6.29 Å². The van der Waals surface area contributed by atoms with Crippen LogP contribution in [0.25, 0.3) is 0 Å². The van der Waals surface area contributed by atoms with Gasteiger partial charge in [0.15, 0.2) is 6.29 Å². The normalized spacial score (nSPS) is 18.3. The number of aldehydes is 1. The summed E-state index contributed by atoms with van der Waals surface area (Å²) in [4.78, 5) is 10.6. The molecule has 2 nitrogen and oxygen atoms in total. The molecule has 0 bridgehead atoms. The van der Waals surface area contributed by atoms with E-state index in [0.29, 0.717) is 11.8 Å². The SMILES string of the molecule is NC1(c2ccc(F)cc2C=O)CC1. The van der Waals surface area contributed by atoms with Crippen LogP contribution in [0, 0.1) is 5.82 Å². The lowest BCUT2D eigenvalue weighted by Crippen LogP contribution is -2.20. The number of nitrogens with two attached hydrogens (primary N) is 1. The first-order chi connectivity index (χ1) is 6.15. The van der Waals surface area contributed by atoms with Crippen LogP contribution < -0.4 is 5.73 Å². The van der Waals surface area contributed by atoms with E-state index in [2.05, 4.69) is 0 Å².